The number of amides is 1. The third-order valence-electron chi connectivity index (χ3n) is 2.05. The third kappa shape index (κ3) is 2.91. The molecule has 90 valence electrons. The molecule has 0 saturated heterocycles. The van der Waals surface area contributed by atoms with Gasteiger partial charge in [0.15, 0.2) is 5.13 Å². The second-order valence-corrected chi connectivity index (χ2v) is 6.91. The molecule has 1 N–H and O–H groups in total. The first-order chi connectivity index (χ1) is 8.08. The molecule has 7 heteroatoms. The predicted octanol–water partition coefficient (Wildman–Crippen LogP) is 3.74. The first kappa shape index (κ1) is 12.7. The van der Waals surface area contributed by atoms with Gasteiger partial charge in [-0.25, -0.2) is 9.97 Å². The SMILES string of the molecule is CC(C)c1ncsc1C(=O)Nc1ncc(Br)s1. The first-order valence-electron chi connectivity index (χ1n) is 4.94. The highest BCUT2D eigenvalue weighted by Gasteiger charge is 2.18. The van der Waals surface area contributed by atoms with Crippen molar-refractivity contribution in [2.45, 2.75) is 19.8 Å². The Hall–Kier alpha value is -0.790. The number of nitrogens with zero attached hydrogens (tertiary/aromatic N) is 2. The van der Waals surface area contributed by atoms with Crippen molar-refractivity contribution in [3.05, 3.63) is 26.1 Å². The number of anilines is 1. The standard InChI is InChI=1S/C10H10BrN3OS2/c1-5(2)7-8(16-4-13-7)9(15)14-10-12-3-6(11)17-10/h3-5H,1-2H3,(H,12,14,15). The third-order valence-corrected chi connectivity index (χ3v) is 4.28. The molecule has 2 rings (SSSR count). The van der Waals surface area contributed by atoms with E-state index in [-0.39, 0.29) is 11.8 Å². The van der Waals surface area contributed by atoms with Gasteiger partial charge in [-0.2, -0.15) is 0 Å². The van der Waals surface area contributed by atoms with Crippen LogP contribution in [0.15, 0.2) is 15.5 Å². The fraction of sp³-hybridized carbons (Fsp3) is 0.300. The Balaban J connectivity index is 2.17. The van der Waals surface area contributed by atoms with Crippen LogP contribution in [0.4, 0.5) is 5.13 Å². The van der Waals surface area contributed by atoms with Crippen molar-refractivity contribution in [1.29, 1.82) is 0 Å². The smallest absolute Gasteiger partial charge is 0.269 e. The number of aromatic nitrogens is 2. The van der Waals surface area contributed by atoms with Gasteiger partial charge in [0, 0.05) is 0 Å². The summed E-state index contributed by atoms with van der Waals surface area (Å²) in [5.74, 6) is 0.100. The van der Waals surface area contributed by atoms with Crippen LogP contribution in [0, 0.1) is 0 Å². The second-order valence-electron chi connectivity index (χ2n) is 3.65. The zero-order valence-electron chi connectivity index (χ0n) is 9.23. The van der Waals surface area contributed by atoms with Crippen molar-refractivity contribution in [2.24, 2.45) is 0 Å². The average molecular weight is 332 g/mol. The number of nitrogens with one attached hydrogen (secondary N) is 1. The molecular weight excluding hydrogens is 322 g/mol. The molecule has 0 unspecified atom stereocenters. The lowest BCUT2D eigenvalue weighted by Crippen LogP contribution is -2.12. The molecule has 0 aliphatic rings. The number of hydrogen-bond acceptors (Lipinski definition) is 5. The van der Waals surface area contributed by atoms with Crippen LogP contribution in [-0.4, -0.2) is 15.9 Å². The van der Waals surface area contributed by atoms with Crippen LogP contribution in [-0.2, 0) is 0 Å². The molecule has 2 aromatic heterocycles. The Morgan fingerprint density at radius 3 is 2.82 bits per heavy atom. The number of carbonyl (C=O) groups is 1. The van der Waals surface area contributed by atoms with Gasteiger partial charge in [-0.05, 0) is 21.8 Å². The minimum Gasteiger partial charge on any atom is -0.297 e. The highest BCUT2D eigenvalue weighted by atomic mass is 79.9. The Morgan fingerprint density at radius 1 is 1.47 bits per heavy atom. The normalized spacial score (nSPS) is 10.8. The van der Waals surface area contributed by atoms with Crippen molar-refractivity contribution in [1.82, 2.24) is 9.97 Å². The summed E-state index contributed by atoms with van der Waals surface area (Å²) in [6.45, 7) is 4.04. The molecule has 1 amide bonds. The number of rotatable bonds is 3. The number of halogens is 1. The van der Waals surface area contributed by atoms with E-state index in [4.69, 9.17) is 0 Å². The molecule has 0 spiro atoms. The lowest BCUT2D eigenvalue weighted by atomic mass is 10.1. The second kappa shape index (κ2) is 5.24. The Morgan fingerprint density at radius 2 is 2.24 bits per heavy atom. The fourth-order valence-electron chi connectivity index (χ4n) is 1.30. The van der Waals surface area contributed by atoms with Gasteiger partial charge in [-0.1, -0.05) is 25.2 Å². The molecule has 2 aromatic rings. The van der Waals surface area contributed by atoms with Crippen molar-refractivity contribution in [3.63, 3.8) is 0 Å². The number of thiazole rings is 2. The fourth-order valence-corrected chi connectivity index (χ4v) is 3.24. The highest BCUT2D eigenvalue weighted by Crippen LogP contribution is 2.26. The van der Waals surface area contributed by atoms with Gasteiger partial charge in [0.25, 0.3) is 5.91 Å². The Labute approximate surface area is 115 Å². The molecule has 2 heterocycles. The molecule has 17 heavy (non-hydrogen) atoms. The zero-order chi connectivity index (χ0) is 12.4. The van der Waals surface area contributed by atoms with Crippen molar-refractivity contribution in [2.75, 3.05) is 5.32 Å². The van der Waals surface area contributed by atoms with E-state index in [1.54, 1.807) is 11.7 Å². The maximum Gasteiger partial charge on any atom is 0.269 e. The highest BCUT2D eigenvalue weighted by molar-refractivity contribution is 9.11. The van der Waals surface area contributed by atoms with Crippen LogP contribution in [0.1, 0.15) is 35.1 Å². The molecule has 0 aromatic carbocycles. The first-order valence-corrected chi connectivity index (χ1v) is 7.43. The summed E-state index contributed by atoms with van der Waals surface area (Å²) >= 11 is 6.04. The molecule has 0 radical (unpaired) electrons. The maximum absolute atomic E-state index is 12.0. The van der Waals surface area contributed by atoms with E-state index in [0.29, 0.717) is 10.0 Å². The topological polar surface area (TPSA) is 54.9 Å². The summed E-state index contributed by atoms with van der Waals surface area (Å²) in [6.07, 6.45) is 1.66. The molecule has 0 fully saturated rings. The van der Waals surface area contributed by atoms with E-state index in [9.17, 15) is 4.79 Å². The average Bonchev–Trinajstić information content (AvgIpc) is 2.86. The van der Waals surface area contributed by atoms with E-state index in [2.05, 4.69) is 31.2 Å². The maximum atomic E-state index is 12.0. The van der Waals surface area contributed by atoms with Crippen LogP contribution < -0.4 is 5.32 Å². The summed E-state index contributed by atoms with van der Waals surface area (Å²) in [7, 11) is 0. The molecule has 0 saturated carbocycles. The molecule has 0 aliphatic carbocycles. The Kier molecular flexibility index (Phi) is 3.90. The van der Waals surface area contributed by atoms with Gasteiger partial charge in [0.2, 0.25) is 0 Å². The minimum absolute atomic E-state index is 0.141. The van der Waals surface area contributed by atoms with Gasteiger partial charge < -0.3 is 0 Å². The summed E-state index contributed by atoms with van der Waals surface area (Å²) < 4.78 is 0.890. The van der Waals surface area contributed by atoms with E-state index in [1.807, 2.05) is 13.8 Å². The number of carbonyl (C=O) groups excluding carboxylic acids is 1. The van der Waals surface area contributed by atoms with Gasteiger partial charge in [-0.15, -0.1) is 11.3 Å². The van der Waals surface area contributed by atoms with Gasteiger partial charge in [0.1, 0.15) is 4.88 Å². The minimum atomic E-state index is -0.141. The molecule has 0 atom stereocenters. The van der Waals surface area contributed by atoms with E-state index in [1.165, 1.54) is 22.7 Å². The summed E-state index contributed by atoms with van der Waals surface area (Å²) in [4.78, 5) is 21.0. The lowest BCUT2D eigenvalue weighted by molar-refractivity contribution is 0.102. The van der Waals surface area contributed by atoms with Crippen LogP contribution in [0.25, 0.3) is 0 Å². The molecule has 4 nitrogen and oxygen atoms in total. The largest absolute Gasteiger partial charge is 0.297 e. The van der Waals surface area contributed by atoms with Crippen LogP contribution in [0.3, 0.4) is 0 Å². The summed E-state index contributed by atoms with van der Waals surface area (Å²) in [5.41, 5.74) is 2.53. The van der Waals surface area contributed by atoms with E-state index >= 15 is 0 Å². The van der Waals surface area contributed by atoms with Gasteiger partial charge in [0.05, 0.1) is 21.2 Å². The lowest BCUT2D eigenvalue weighted by Gasteiger charge is -2.04. The van der Waals surface area contributed by atoms with Crippen LogP contribution in [0.2, 0.25) is 0 Å². The zero-order valence-corrected chi connectivity index (χ0v) is 12.4. The quantitative estimate of drug-likeness (QED) is 0.932. The van der Waals surface area contributed by atoms with Crippen LogP contribution in [0.5, 0.6) is 0 Å². The summed E-state index contributed by atoms with van der Waals surface area (Å²) in [6, 6.07) is 0. The summed E-state index contributed by atoms with van der Waals surface area (Å²) in [5, 5.41) is 3.36. The van der Waals surface area contributed by atoms with E-state index in [0.717, 1.165) is 9.48 Å². The molecule has 0 bridgehead atoms. The van der Waals surface area contributed by atoms with Crippen molar-refractivity contribution < 1.29 is 4.79 Å². The van der Waals surface area contributed by atoms with E-state index < -0.39 is 0 Å². The molecular formula is C10H10BrN3OS2. The van der Waals surface area contributed by atoms with Crippen molar-refractivity contribution >= 4 is 49.6 Å². The van der Waals surface area contributed by atoms with Crippen LogP contribution >= 0.6 is 38.6 Å². The monoisotopic (exact) mass is 331 g/mol. The molecule has 0 aliphatic heterocycles. The van der Waals surface area contributed by atoms with Gasteiger partial charge >= 0.3 is 0 Å². The van der Waals surface area contributed by atoms with Gasteiger partial charge in [-0.3, -0.25) is 10.1 Å². The number of hydrogen-bond donors (Lipinski definition) is 1. The van der Waals surface area contributed by atoms with Crippen molar-refractivity contribution in [3.8, 4) is 0 Å². The Bertz CT molecular complexity index is 535. The predicted molar refractivity (Wildman–Crippen MR) is 74.0 cm³/mol.